The van der Waals surface area contributed by atoms with Crippen molar-refractivity contribution >= 4 is 11.6 Å². The van der Waals surface area contributed by atoms with E-state index >= 15 is 0 Å². The molecule has 0 fully saturated rings. The standard InChI is InChI=1S/C20H29N9O/c1-3-21-20(22-11-6-8-19-26-25-18-7-4-5-12-28(18)19)23-15-9-10-17-24-16(14-30-2)27-29(17)13-15/h4-5,7,12,15H,3,6,8-11,13-14H2,1-2H3,(H2,21,22,23). The summed E-state index contributed by atoms with van der Waals surface area (Å²) in [6, 6.07) is 6.20. The quantitative estimate of drug-likeness (QED) is 0.323. The van der Waals surface area contributed by atoms with Gasteiger partial charge in [-0.25, -0.2) is 9.67 Å². The number of nitrogens with one attached hydrogen (secondary N) is 2. The molecule has 0 bridgehead atoms. The number of methoxy groups -OCH3 is 1. The first kappa shape index (κ1) is 20.3. The minimum atomic E-state index is 0.271. The smallest absolute Gasteiger partial charge is 0.191 e. The zero-order valence-electron chi connectivity index (χ0n) is 17.6. The van der Waals surface area contributed by atoms with Crippen LogP contribution in [0.4, 0.5) is 0 Å². The zero-order chi connectivity index (χ0) is 20.8. The molecule has 4 rings (SSSR count). The topological polar surface area (TPSA) is 107 Å². The van der Waals surface area contributed by atoms with Gasteiger partial charge in [0.2, 0.25) is 0 Å². The third kappa shape index (κ3) is 4.76. The van der Waals surface area contributed by atoms with E-state index in [0.29, 0.717) is 6.61 Å². The van der Waals surface area contributed by atoms with Gasteiger partial charge in [0.25, 0.3) is 0 Å². The Morgan fingerprint density at radius 2 is 2.27 bits per heavy atom. The fraction of sp³-hybridized carbons (Fsp3) is 0.550. The highest BCUT2D eigenvalue weighted by molar-refractivity contribution is 5.80. The molecule has 1 aliphatic heterocycles. The predicted octanol–water partition coefficient (Wildman–Crippen LogP) is 0.970. The molecule has 160 valence electrons. The zero-order valence-corrected chi connectivity index (χ0v) is 17.6. The van der Waals surface area contributed by atoms with Crippen molar-refractivity contribution in [1.29, 1.82) is 0 Å². The third-order valence-electron chi connectivity index (χ3n) is 5.07. The van der Waals surface area contributed by atoms with Gasteiger partial charge in [-0.1, -0.05) is 6.07 Å². The van der Waals surface area contributed by atoms with Crippen LogP contribution in [0.3, 0.4) is 0 Å². The van der Waals surface area contributed by atoms with Crippen LogP contribution in [0.2, 0.25) is 0 Å². The number of guanidine groups is 1. The van der Waals surface area contributed by atoms with E-state index in [9.17, 15) is 0 Å². The number of fused-ring (bicyclic) bond motifs is 2. The van der Waals surface area contributed by atoms with Crippen molar-refractivity contribution in [3.63, 3.8) is 0 Å². The lowest BCUT2D eigenvalue weighted by molar-refractivity contribution is 0.177. The summed E-state index contributed by atoms with van der Waals surface area (Å²) in [5.41, 5.74) is 0.879. The molecule has 0 amide bonds. The van der Waals surface area contributed by atoms with Crippen molar-refractivity contribution in [2.75, 3.05) is 20.2 Å². The van der Waals surface area contributed by atoms with Gasteiger partial charge in [0.05, 0.1) is 6.54 Å². The van der Waals surface area contributed by atoms with E-state index in [1.807, 2.05) is 33.5 Å². The molecule has 0 saturated heterocycles. The second-order valence-electron chi connectivity index (χ2n) is 7.35. The summed E-state index contributed by atoms with van der Waals surface area (Å²) in [7, 11) is 1.66. The molecule has 0 aromatic carbocycles. The van der Waals surface area contributed by atoms with Crippen LogP contribution in [-0.2, 0) is 30.7 Å². The van der Waals surface area contributed by atoms with Gasteiger partial charge in [0.15, 0.2) is 17.4 Å². The number of aromatic nitrogens is 6. The van der Waals surface area contributed by atoms with E-state index in [1.165, 1.54) is 0 Å². The summed E-state index contributed by atoms with van der Waals surface area (Å²) in [5.74, 6) is 3.59. The summed E-state index contributed by atoms with van der Waals surface area (Å²) >= 11 is 0. The first-order valence-corrected chi connectivity index (χ1v) is 10.5. The van der Waals surface area contributed by atoms with Gasteiger partial charge < -0.3 is 15.4 Å². The first-order valence-electron chi connectivity index (χ1n) is 10.5. The SMILES string of the molecule is CCNC(=NCCCc1nnc2ccccn12)NC1CCc2nc(COC)nn2C1. The molecule has 4 heterocycles. The molecule has 0 aliphatic carbocycles. The summed E-state index contributed by atoms with van der Waals surface area (Å²) in [4.78, 5) is 9.29. The minimum absolute atomic E-state index is 0.271. The molecule has 1 aliphatic rings. The molecular weight excluding hydrogens is 382 g/mol. The van der Waals surface area contributed by atoms with E-state index in [-0.39, 0.29) is 6.04 Å². The summed E-state index contributed by atoms with van der Waals surface area (Å²) < 4.78 is 9.15. The summed E-state index contributed by atoms with van der Waals surface area (Å²) in [6.45, 7) is 4.84. The molecule has 0 radical (unpaired) electrons. The average molecular weight is 412 g/mol. The molecule has 3 aromatic heterocycles. The molecule has 1 unspecified atom stereocenters. The van der Waals surface area contributed by atoms with Gasteiger partial charge in [0.1, 0.15) is 18.3 Å². The van der Waals surface area contributed by atoms with Gasteiger partial charge in [-0.2, -0.15) is 5.10 Å². The number of pyridine rings is 1. The van der Waals surface area contributed by atoms with Gasteiger partial charge >= 0.3 is 0 Å². The second kappa shape index (κ2) is 9.66. The fourth-order valence-electron chi connectivity index (χ4n) is 3.67. The molecule has 30 heavy (non-hydrogen) atoms. The largest absolute Gasteiger partial charge is 0.377 e. The number of ether oxygens (including phenoxy) is 1. The minimum Gasteiger partial charge on any atom is -0.377 e. The number of hydrogen-bond donors (Lipinski definition) is 2. The summed E-state index contributed by atoms with van der Waals surface area (Å²) in [6.07, 6.45) is 5.64. The van der Waals surface area contributed by atoms with Crippen LogP contribution in [0, 0.1) is 0 Å². The van der Waals surface area contributed by atoms with E-state index in [4.69, 9.17) is 9.73 Å². The monoisotopic (exact) mass is 411 g/mol. The third-order valence-corrected chi connectivity index (χ3v) is 5.07. The Balaban J connectivity index is 1.31. The van der Waals surface area contributed by atoms with Crippen LogP contribution in [0.5, 0.6) is 0 Å². The Morgan fingerprint density at radius 1 is 1.33 bits per heavy atom. The predicted molar refractivity (Wildman–Crippen MR) is 113 cm³/mol. The lowest BCUT2D eigenvalue weighted by atomic mass is 10.1. The highest BCUT2D eigenvalue weighted by Crippen LogP contribution is 2.13. The van der Waals surface area contributed by atoms with Crippen molar-refractivity contribution in [2.45, 2.75) is 51.8 Å². The number of aliphatic imine (C=N–C) groups is 1. The Hall–Kier alpha value is -3.01. The van der Waals surface area contributed by atoms with Crippen LogP contribution < -0.4 is 10.6 Å². The fourth-order valence-corrected chi connectivity index (χ4v) is 3.67. The van der Waals surface area contributed by atoms with Crippen molar-refractivity contribution in [3.8, 4) is 0 Å². The van der Waals surface area contributed by atoms with Crippen LogP contribution in [0.25, 0.3) is 5.65 Å². The van der Waals surface area contributed by atoms with Crippen LogP contribution in [0.1, 0.15) is 37.2 Å². The molecule has 0 saturated carbocycles. The maximum atomic E-state index is 5.14. The number of aryl methyl sites for hydroxylation is 2. The highest BCUT2D eigenvalue weighted by Gasteiger charge is 2.22. The van der Waals surface area contributed by atoms with Crippen LogP contribution in [-0.4, -0.2) is 61.6 Å². The number of rotatable bonds is 8. The van der Waals surface area contributed by atoms with Crippen molar-refractivity contribution < 1.29 is 4.74 Å². The van der Waals surface area contributed by atoms with Crippen molar-refractivity contribution in [2.24, 2.45) is 4.99 Å². The Morgan fingerprint density at radius 3 is 3.13 bits per heavy atom. The molecular formula is C20H29N9O. The van der Waals surface area contributed by atoms with Crippen LogP contribution >= 0.6 is 0 Å². The van der Waals surface area contributed by atoms with Crippen molar-refractivity contribution in [1.82, 2.24) is 40.0 Å². The normalized spacial score (nSPS) is 16.6. The lowest BCUT2D eigenvalue weighted by Gasteiger charge is -2.25. The molecule has 2 N–H and O–H groups in total. The van der Waals surface area contributed by atoms with E-state index in [1.54, 1.807) is 7.11 Å². The molecule has 10 heteroatoms. The van der Waals surface area contributed by atoms with Gasteiger partial charge in [-0.3, -0.25) is 9.39 Å². The molecule has 1 atom stereocenters. The average Bonchev–Trinajstić information content (AvgIpc) is 3.35. The Labute approximate surface area is 175 Å². The van der Waals surface area contributed by atoms with E-state index in [0.717, 1.165) is 74.4 Å². The van der Waals surface area contributed by atoms with Crippen LogP contribution in [0.15, 0.2) is 29.4 Å². The number of hydrogen-bond acceptors (Lipinski definition) is 6. The van der Waals surface area contributed by atoms with Gasteiger partial charge in [-0.05, 0) is 31.9 Å². The van der Waals surface area contributed by atoms with Gasteiger partial charge in [0, 0.05) is 45.3 Å². The van der Waals surface area contributed by atoms with Crippen molar-refractivity contribution in [3.05, 3.63) is 41.9 Å². The lowest BCUT2D eigenvalue weighted by Crippen LogP contribution is -2.47. The van der Waals surface area contributed by atoms with Gasteiger partial charge in [-0.15, -0.1) is 10.2 Å². The Kier molecular flexibility index (Phi) is 6.53. The summed E-state index contributed by atoms with van der Waals surface area (Å²) in [5, 5.41) is 19.9. The molecule has 10 nitrogen and oxygen atoms in total. The maximum absolute atomic E-state index is 5.14. The molecule has 3 aromatic rings. The van der Waals surface area contributed by atoms with E-state index in [2.05, 4.69) is 37.8 Å². The highest BCUT2D eigenvalue weighted by atomic mass is 16.5. The second-order valence-corrected chi connectivity index (χ2v) is 7.35. The maximum Gasteiger partial charge on any atom is 0.191 e. The number of nitrogens with zero attached hydrogens (tertiary/aromatic N) is 7. The molecule has 0 spiro atoms. The Bertz CT molecular complexity index is 993. The van der Waals surface area contributed by atoms with E-state index < -0.39 is 0 Å². The first-order chi connectivity index (χ1) is 14.8.